The molecule has 0 bridgehead atoms. The molecule has 2 aromatic carbocycles. The summed E-state index contributed by atoms with van der Waals surface area (Å²) in [6, 6.07) is 9.93. The summed E-state index contributed by atoms with van der Waals surface area (Å²) in [5.74, 6) is 0.283. The highest BCUT2D eigenvalue weighted by Gasteiger charge is 2.25. The first-order valence-corrected chi connectivity index (χ1v) is 9.17. The second-order valence-electron chi connectivity index (χ2n) is 7.08. The molecule has 1 unspecified atom stereocenters. The third kappa shape index (κ3) is 5.25. The van der Waals surface area contributed by atoms with Crippen LogP contribution in [0.2, 0.25) is 0 Å². The molecule has 0 spiro atoms. The molecule has 2 rings (SSSR count). The molecule has 0 aliphatic heterocycles. The molecule has 0 heterocycles. The van der Waals surface area contributed by atoms with E-state index in [2.05, 4.69) is 10.6 Å². The quantitative estimate of drug-likeness (QED) is 0.763. The van der Waals surface area contributed by atoms with Crippen LogP contribution in [0.5, 0.6) is 11.5 Å². The molecule has 0 aliphatic rings. The van der Waals surface area contributed by atoms with E-state index in [1.54, 1.807) is 18.2 Å². The first kappa shape index (κ1) is 21.3. The number of anilines is 1. The van der Waals surface area contributed by atoms with Crippen molar-refractivity contribution in [2.75, 3.05) is 19.5 Å². The van der Waals surface area contributed by atoms with E-state index in [4.69, 9.17) is 9.47 Å². The number of carbonyl (C=O) groups is 2. The maximum Gasteiger partial charge on any atom is 0.252 e. The van der Waals surface area contributed by atoms with Gasteiger partial charge in [0.2, 0.25) is 5.91 Å². The van der Waals surface area contributed by atoms with Gasteiger partial charge in [-0.1, -0.05) is 19.9 Å². The average Bonchev–Trinajstić information content (AvgIpc) is 2.67. The van der Waals surface area contributed by atoms with Crippen molar-refractivity contribution in [2.45, 2.75) is 33.7 Å². The summed E-state index contributed by atoms with van der Waals surface area (Å²) >= 11 is 0. The van der Waals surface area contributed by atoms with Gasteiger partial charge in [0.1, 0.15) is 17.5 Å². The van der Waals surface area contributed by atoms with Gasteiger partial charge in [-0.2, -0.15) is 0 Å². The third-order valence-electron chi connectivity index (χ3n) is 4.62. The maximum atomic E-state index is 12.8. The Kier molecular flexibility index (Phi) is 7.04. The molecule has 2 amide bonds. The number of amides is 2. The predicted molar refractivity (Wildman–Crippen MR) is 110 cm³/mol. The number of aryl methyl sites for hydroxylation is 2. The Morgan fingerprint density at radius 3 is 2.00 bits per heavy atom. The monoisotopic (exact) mass is 384 g/mol. The number of methoxy groups -OCH3 is 2. The van der Waals surface area contributed by atoms with Crippen LogP contribution < -0.4 is 20.1 Å². The Morgan fingerprint density at radius 1 is 0.893 bits per heavy atom. The molecular weight excluding hydrogens is 356 g/mol. The number of hydrogen-bond acceptors (Lipinski definition) is 4. The molecule has 0 fully saturated rings. The van der Waals surface area contributed by atoms with Crippen molar-refractivity contribution < 1.29 is 19.1 Å². The van der Waals surface area contributed by atoms with E-state index in [9.17, 15) is 9.59 Å². The minimum absolute atomic E-state index is 0.0944. The van der Waals surface area contributed by atoms with Gasteiger partial charge in [0, 0.05) is 17.3 Å². The van der Waals surface area contributed by atoms with Crippen LogP contribution in [-0.2, 0) is 4.79 Å². The summed E-state index contributed by atoms with van der Waals surface area (Å²) in [6.07, 6.45) is 0. The lowest BCUT2D eigenvalue weighted by Crippen LogP contribution is -2.47. The van der Waals surface area contributed by atoms with E-state index in [1.807, 2.05) is 45.9 Å². The number of rotatable bonds is 7. The molecule has 0 saturated carbocycles. The number of carbonyl (C=O) groups excluding carboxylic acids is 2. The molecule has 1 atom stereocenters. The third-order valence-corrected chi connectivity index (χ3v) is 4.62. The van der Waals surface area contributed by atoms with Gasteiger partial charge in [-0.3, -0.25) is 9.59 Å². The topological polar surface area (TPSA) is 76.7 Å². The molecule has 6 nitrogen and oxygen atoms in total. The van der Waals surface area contributed by atoms with E-state index < -0.39 is 6.04 Å². The lowest BCUT2D eigenvalue weighted by atomic mass is 10.0. The van der Waals surface area contributed by atoms with Gasteiger partial charge in [-0.05, 0) is 55.2 Å². The van der Waals surface area contributed by atoms with Crippen molar-refractivity contribution in [3.8, 4) is 11.5 Å². The van der Waals surface area contributed by atoms with Gasteiger partial charge < -0.3 is 20.1 Å². The SMILES string of the molecule is COc1cc(OC)cc(C(=O)NC(C(=O)Nc2ccc(C)c(C)c2)C(C)C)c1. The second kappa shape index (κ2) is 9.26. The Labute approximate surface area is 166 Å². The number of benzene rings is 2. The lowest BCUT2D eigenvalue weighted by molar-refractivity contribution is -0.118. The smallest absolute Gasteiger partial charge is 0.252 e. The van der Waals surface area contributed by atoms with Crippen LogP contribution in [0.1, 0.15) is 35.3 Å². The zero-order valence-corrected chi connectivity index (χ0v) is 17.3. The van der Waals surface area contributed by atoms with E-state index in [0.29, 0.717) is 22.7 Å². The number of ether oxygens (including phenoxy) is 2. The standard InChI is InChI=1S/C22H28N2O4/c1-13(2)20(22(26)23-17-8-7-14(3)15(4)9-17)24-21(25)16-10-18(27-5)12-19(11-16)28-6/h7-13,20H,1-6H3,(H,23,26)(H,24,25). The molecule has 150 valence electrons. The Balaban J connectivity index is 2.18. The van der Waals surface area contributed by atoms with Crippen molar-refractivity contribution in [2.24, 2.45) is 5.92 Å². The van der Waals surface area contributed by atoms with Crippen LogP contribution in [-0.4, -0.2) is 32.1 Å². The maximum absolute atomic E-state index is 12.8. The summed E-state index contributed by atoms with van der Waals surface area (Å²) in [5, 5.41) is 5.71. The number of hydrogen-bond donors (Lipinski definition) is 2. The Hall–Kier alpha value is -3.02. The average molecular weight is 384 g/mol. The van der Waals surface area contributed by atoms with Crippen LogP contribution in [0, 0.1) is 19.8 Å². The van der Waals surface area contributed by atoms with Crippen molar-refractivity contribution >= 4 is 17.5 Å². The van der Waals surface area contributed by atoms with Gasteiger partial charge in [-0.15, -0.1) is 0 Å². The highest BCUT2D eigenvalue weighted by atomic mass is 16.5. The Bertz CT molecular complexity index is 839. The number of nitrogens with one attached hydrogen (secondary N) is 2. The first-order chi connectivity index (χ1) is 13.2. The fraction of sp³-hybridized carbons (Fsp3) is 0.364. The zero-order valence-electron chi connectivity index (χ0n) is 17.3. The van der Waals surface area contributed by atoms with Crippen LogP contribution in [0.3, 0.4) is 0 Å². The lowest BCUT2D eigenvalue weighted by Gasteiger charge is -2.22. The van der Waals surface area contributed by atoms with Gasteiger partial charge in [0.25, 0.3) is 5.91 Å². The van der Waals surface area contributed by atoms with E-state index >= 15 is 0 Å². The van der Waals surface area contributed by atoms with E-state index in [-0.39, 0.29) is 17.7 Å². The van der Waals surface area contributed by atoms with Gasteiger partial charge in [0.05, 0.1) is 14.2 Å². The molecular formula is C22H28N2O4. The zero-order chi connectivity index (χ0) is 20.8. The molecule has 0 saturated heterocycles. The minimum Gasteiger partial charge on any atom is -0.497 e. The van der Waals surface area contributed by atoms with E-state index in [1.165, 1.54) is 14.2 Å². The highest BCUT2D eigenvalue weighted by molar-refractivity contribution is 6.01. The summed E-state index contributed by atoms with van der Waals surface area (Å²) < 4.78 is 10.4. The predicted octanol–water partition coefficient (Wildman–Crippen LogP) is 3.71. The normalized spacial score (nSPS) is 11.7. The fourth-order valence-corrected chi connectivity index (χ4v) is 2.74. The van der Waals surface area contributed by atoms with Crippen molar-refractivity contribution in [3.05, 3.63) is 53.1 Å². The van der Waals surface area contributed by atoms with E-state index in [0.717, 1.165) is 11.1 Å². The highest BCUT2D eigenvalue weighted by Crippen LogP contribution is 2.23. The summed E-state index contributed by atoms with van der Waals surface area (Å²) in [6.45, 7) is 7.78. The molecule has 0 aliphatic carbocycles. The van der Waals surface area contributed by atoms with Crippen LogP contribution in [0.25, 0.3) is 0 Å². The molecule has 6 heteroatoms. The molecule has 0 radical (unpaired) electrons. The summed E-state index contributed by atoms with van der Waals surface area (Å²) in [4.78, 5) is 25.5. The summed E-state index contributed by atoms with van der Waals surface area (Å²) in [5.41, 5.74) is 3.31. The second-order valence-corrected chi connectivity index (χ2v) is 7.08. The van der Waals surface area contributed by atoms with Crippen molar-refractivity contribution in [1.29, 1.82) is 0 Å². The largest absolute Gasteiger partial charge is 0.497 e. The Morgan fingerprint density at radius 2 is 1.50 bits per heavy atom. The van der Waals surface area contributed by atoms with Crippen molar-refractivity contribution in [1.82, 2.24) is 5.32 Å². The molecule has 0 aromatic heterocycles. The van der Waals surface area contributed by atoms with Crippen LogP contribution in [0.4, 0.5) is 5.69 Å². The molecule has 2 aromatic rings. The molecule has 28 heavy (non-hydrogen) atoms. The minimum atomic E-state index is -0.689. The van der Waals surface area contributed by atoms with Gasteiger partial charge in [0.15, 0.2) is 0 Å². The fourth-order valence-electron chi connectivity index (χ4n) is 2.74. The summed E-state index contributed by atoms with van der Waals surface area (Å²) in [7, 11) is 3.04. The van der Waals surface area contributed by atoms with Gasteiger partial charge in [-0.25, -0.2) is 0 Å². The van der Waals surface area contributed by atoms with Gasteiger partial charge >= 0.3 is 0 Å². The van der Waals surface area contributed by atoms with Crippen molar-refractivity contribution in [3.63, 3.8) is 0 Å². The first-order valence-electron chi connectivity index (χ1n) is 9.17. The van der Waals surface area contributed by atoms with Crippen LogP contribution in [0.15, 0.2) is 36.4 Å². The molecule has 2 N–H and O–H groups in total. The van der Waals surface area contributed by atoms with Crippen LogP contribution >= 0.6 is 0 Å².